The fourth-order valence-electron chi connectivity index (χ4n) is 3.12. The highest BCUT2D eigenvalue weighted by Gasteiger charge is 2.08. The number of carbonyl (C=O) groups excluding carboxylic acids is 1. The van der Waals surface area contributed by atoms with Crippen LogP contribution in [0.2, 0.25) is 0 Å². The number of H-pyrrole nitrogens is 1. The largest absolute Gasteiger partial charge is 0.354 e. The van der Waals surface area contributed by atoms with E-state index in [0.29, 0.717) is 18.7 Å². The lowest BCUT2D eigenvalue weighted by molar-refractivity contribution is 0.0951. The Balaban J connectivity index is 0.00000210. The molecule has 138 valence electrons. The van der Waals surface area contributed by atoms with E-state index >= 15 is 0 Å². The fourth-order valence-corrected chi connectivity index (χ4v) is 3.12. The summed E-state index contributed by atoms with van der Waals surface area (Å²) >= 11 is 0. The second-order valence-electron chi connectivity index (χ2n) is 6.28. The molecular formula is C21H19ClFN3O. The van der Waals surface area contributed by atoms with Crippen molar-refractivity contribution in [1.82, 2.24) is 10.3 Å². The van der Waals surface area contributed by atoms with Gasteiger partial charge in [0.05, 0.1) is 0 Å². The quantitative estimate of drug-likeness (QED) is 0.492. The molecule has 0 saturated heterocycles. The van der Waals surface area contributed by atoms with Gasteiger partial charge in [-0.1, -0.05) is 24.3 Å². The van der Waals surface area contributed by atoms with Gasteiger partial charge in [0.25, 0.3) is 5.91 Å². The number of carbonyl (C=O) groups is 1. The number of nitrogens with two attached hydrogens (primary N) is 1. The summed E-state index contributed by atoms with van der Waals surface area (Å²) < 4.78 is 13.4. The predicted octanol–water partition coefficient (Wildman–Crippen LogP) is 4.27. The maximum absolute atomic E-state index is 13.4. The van der Waals surface area contributed by atoms with E-state index in [1.165, 1.54) is 12.1 Å². The number of amides is 1. The van der Waals surface area contributed by atoms with Crippen LogP contribution in [0.1, 0.15) is 21.5 Å². The number of hydrogen-bond donors (Lipinski definition) is 3. The molecule has 0 fully saturated rings. The van der Waals surface area contributed by atoms with Gasteiger partial charge < -0.3 is 16.0 Å². The third-order valence-electron chi connectivity index (χ3n) is 4.53. The Morgan fingerprint density at radius 3 is 2.26 bits per heavy atom. The highest BCUT2D eigenvalue weighted by Crippen LogP contribution is 2.26. The van der Waals surface area contributed by atoms with Crippen LogP contribution in [0.25, 0.3) is 21.8 Å². The second-order valence-corrected chi connectivity index (χ2v) is 6.28. The molecule has 1 aromatic heterocycles. The van der Waals surface area contributed by atoms with Crippen LogP contribution in [-0.2, 0) is 13.1 Å². The van der Waals surface area contributed by atoms with Crippen molar-refractivity contribution in [2.75, 3.05) is 0 Å². The third-order valence-corrected chi connectivity index (χ3v) is 4.53. The van der Waals surface area contributed by atoms with Crippen LogP contribution >= 0.6 is 12.4 Å². The summed E-state index contributed by atoms with van der Waals surface area (Å²) in [6.07, 6.45) is 0. The first-order valence-corrected chi connectivity index (χ1v) is 8.41. The van der Waals surface area contributed by atoms with Crippen molar-refractivity contribution in [2.24, 2.45) is 5.73 Å². The standard InChI is InChI=1S/C21H18FN3O.ClH/c22-16-6-8-18-17-7-3-14(9-19(17)25-20(18)10-16)12-24-21(26)15-4-1-13(11-23)2-5-15;/h1-10,25H,11-12,23H2,(H,24,26);1H. The average molecular weight is 384 g/mol. The summed E-state index contributed by atoms with van der Waals surface area (Å²) in [4.78, 5) is 15.5. The number of nitrogens with one attached hydrogen (secondary N) is 2. The van der Waals surface area contributed by atoms with Gasteiger partial charge in [0.1, 0.15) is 5.82 Å². The normalized spacial score (nSPS) is 10.7. The molecular weight excluding hydrogens is 365 g/mol. The molecule has 3 aromatic carbocycles. The summed E-state index contributed by atoms with van der Waals surface area (Å²) in [5.41, 5.74) is 9.81. The molecule has 0 spiro atoms. The van der Waals surface area contributed by atoms with Gasteiger partial charge in [-0.15, -0.1) is 12.4 Å². The minimum atomic E-state index is -0.266. The smallest absolute Gasteiger partial charge is 0.251 e. The maximum atomic E-state index is 13.4. The monoisotopic (exact) mass is 383 g/mol. The van der Waals surface area contributed by atoms with Crippen molar-refractivity contribution in [2.45, 2.75) is 13.1 Å². The van der Waals surface area contributed by atoms with E-state index < -0.39 is 0 Å². The van der Waals surface area contributed by atoms with Crippen molar-refractivity contribution in [1.29, 1.82) is 0 Å². The molecule has 0 radical (unpaired) electrons. The maximum Gasteiger partial charge on any atom is 0.251 e. The van der Waals surface area contributed by atoms with Crippen molar-refractivity contribution in [3.63, 3.8) is 0 Å². The molecule has 0 unspecified atom stereocenters. The van der Waals surface area contributed by atoms with Crippen LogP contribution in [0.15, 0.2) is 60.7 Å². The van der Waals surface area contributed by atoms with Gasteiger partial charge in [0.15, 0.2) is 0 Å². The van der Waals surface area contributed by atoms with Crippen LogP contribution in [0.5, 0.6) is 0 Å². The molecule has 27 heavy (non-hydrogen) atoms. The molecule has 4 aromatic rings. The Labute approximate surface area is 162 Å². The molecule has 0 saturated carbocycles. The van der Waals surface area contributed by atoms with Crippen LogP contribution in [0.3, 0.4) is 0 Å². The molecule has 0 aliphatic rings. The molecule has 0 atom stereocenters. The Bertz CT molecular complexity index is 1110. The third kappa shape index (κ3) is 3.79. The van der Waals surface area contributed by atoms with Crippen molar-refractivity contribution < 1.29 is 9.18 Å². The summed E-state index contributed by atoms with van der Waals surface area (Å²) in [6.45, 7) is 0.869. The van der Waals surface area contributed by atoms with Gasteiger partial charge in [0.2, 0.25) is 0 Å². The van der Waals surface area contributed by atoms with Crippen LogP contribution in [-0.4, -0.2) is 10.9 Å². The highest BCUT2D eigenvalue weighted by molar-refractivity contribution is 6.07. The van der Waals surface area contributed by atoms with Crippen molar-refractivity contribution in [3.05, 3.63) is 83.2 Å². The van der Waals surface area contributed by atoms with Gasteiger partial charge in [-0.3, -0.25) is 4.79 Å². The molecule has 4 N–H and O–H groups in total. The minimum Gasteiger partial charge on any atom is -0.354 e. The first-order chi connectivity index (χ1) is 12.6. The number of aromatic nitrogens is 1. The lowest BCUT2D eigenvalue weighted by atomic mass is 10.1. The Kier molecular flexibility index (Phi) is 5.44. The second kappa shape index (κ2) is 7.78. The van der Waals surface area contributed by atoms with E-state index in [9.17, 15) is 9.18 Å². The molecule has 0 aliphatic carbocycles. The molecule has 4 nitrogen and oxygen atoms in total. The van der Waals surface area contributed by atoms with E-state index in [1.54, 1.807) is 18.2 Å². The molecule has 6 heteroatoms. The number of aromatic amines is 1. The highest BCUT2D eigenvalue weighted by atomic mass is 35.5. The van der Waals surface area contributed by atoms with Crippen LogP contribution < -0.4 is 11.1 Å². The summed E-state index contributed by atoms with van der Waals surface area (Å²) in [6, 6.07) is 17.9. The van der Waals surface area contributed by atoms with Gasteiger partial charge in [-0.25, -0.2) is 4.39 Å². The molecule has 0 aliphatic heterocycles. The van der Waals surface area contributed by atoms with E-state index in [2.05, 4.69) is 10.3 Å². The SMILES string of the molecule is Cl.NCc1ccc(C(=O)NCc2ccc3c(c2)[nH]c2cc(F)ccc23)cc1. The Morgan fingerprint density at radius 1 is 0.926 bits per heavy atom. The van der Waals surface area contributed by atoms with E-state index in [-0.39, 0.29) is 24.1 Å². The topological polar surface area (TPSA) is 70.9 Å². The van der Waals surface area contributed by atoms with Crippen LogP contribution in [0, 0.1) is 5.82 Å². The number of fused-ring (bicyclic) bond motifs is 3. The van der Waals surface area contributed by atoms with Crippen molar-refractivity contribution in [3.8, 4) is 0 Å². The molecule has 1 amide bonds. The zero-order chi connectivity index (χ0) is 18.1. The minimum absolute atomic E-state index is 0. The Morgan fingerprint density at radius 2 is 1.56 bits per heavy atom. The Hall–Kier alpha value is -2.89. The average Bonchev–Trinajstić information content (AvgIpc) is 3.02. The van der Waals surface area contributed by atoms with E-state index in [1.807, 2.05) is 30.3 Å². The molecule has 1 heterocycles. The van der Waals surface area contributed by atoms with Gasteiger partial charge in [-0.2, -0.15) is 0 Å². The van der Waals surface area contributed by atoms with Gasteiger partial charge in [-0.05, 0) is 47.5 Å². The predicted molar refractivity (Wildman–Crippen MR) is 109 cm³/mol. The van der Waals surface area contributed by atoms with E-state index in [0.717, 1.165) is 32.9 Å². The van der Waals surface area contributed by atoms with E-state index in [4.69, 9.17) is 5.73 Å². The lowest BCUT2D eigenvalue weighted by Gasteiger charge is -2.06. The van der Waals surface area contributed by atoms with Crippen LogP contribution in [0.4, 0.5) is 4.39 Å². The first kappa shape index (κ1) is 18.9. The zero-order valence-corrected chi connectivity index (χ0v) is 15.3. The number of hydrogen-bond acceptors (Lipinski definition) is 2. The van der Waals surface area contributed by atoms with Crippen molar-refractivity contribution >= 4 is 40.1 Å². The molecule has 0 bridgehead atoms. The number of halogens is 2. The lowest BCUT2D eigenvalue weighted by Crippen LogP contribution is -2.22. The van der Waals surface area contributed by atoms with Gasteiger partial charge in [0, 0.05) is 40.5 Å². The first-order valence-electron chi connectivity index (χ1n) is 8.41. The zero-order valence-electron chi connectivity index (χ0n) is 14.5. The number of rotatable bonds is 4. The summed E-state index contributed by atoms with van der Waals surface area (Å²) in [5, 5.41) is 4.93. The summed E-state index contributed by atoms with van der Waals surface area (Å²) in [5.74, 6) is -0.399. The fraction of sp³-hybridized carbons (Fsp3) is 0.0952. The number of benzene rings is 3. The summed E-state index contributed by atoms with van der Waals surface area (Å²) in [7, 11) is 0. The van der Waals surface area contributed by atoms with Gasteiger partial charge >= 0.3 is 0 Å². The molecule has 4 rings (SSSR count).